The fourth-order valence-corrected chi connectivity index (χ4v) is 4.39. The smallest absolute Gasteiger partial charge is 0.243 e. The van der Waals surface area contributed by atoms with Crippen LogP contribution < -0.4 is 20.4 Å². The summed E-state index contributed by atoms with van der Waals surface area (Å²) < 4.78 is 0. The summed E-state index contributed by atoms with van der Waals surface area (Å²) in [6.07, 6.45) is 3.73. The summed E-state index contributed by atoms with van der Waals surface area (Å²) in [6, 6.07) is 8.42. The predicted octanol–water partition coefficient (Wildman–Crippen LogP) is 2.90. The molecule has 3 heterocycles. The summed E-state index contributed by atoms with van der Waals surface area (Å²) in [5, 5.41) is 6.70. The number of likely N-dealkylation sites (N-methyl/N-ethyl adjacent to an activating group) is 1. The van der Waals surface area contributed by atoms with Gasteiger partial charge in [0.1, 0.15) is 5.02 Å². The average molecular weight is 456 g/mol. The van der Waals surface area contributed by atoms with E-state index in [1.54, 1.807) is 6.20 Å². The van der Waals surface area contributed by atoms with E-state index in [2.05, 4.69) is 73.1 Å². The molecular weight excluding hydrogens is 426 g/mol. The number of nitrogens with zero attached hydrogens (tertiary/aromatic N) is 5. The lowest BCUT2D eigenvalue weighted by molar-refractivity contribution is -0.117. The van der Waals surface area contributed by atoms with Gasteiger partial charge in [-0.15, -0.1) is 0 Å². The van der Waals surface area contributed by atoms with E-state index in [0.29, 0.717) is 23.3 Å². The van der Waals surface area contributed by atoms with E-state index in [-0.39, 0.29) is 11.9 Å². The fourth-order valence-electron chi connectivity index (χ4n) is 4.18. The van der Waals surface area contributed by atoms with Gasteiger partial charge in [-0.25, -0.2) is 4.98 Å². The summed E-state index contributed by atoms with van der Waals surface area (Å²) in [6.45, 7) is 12.5. The van der Waals surface area contributed by atoms with Crippen LogP contribution in [-0.4, -0.2) is 72.6 Å². The van der Waals surface area contributed by atoms with Crippen LogP contribution in [0.3, 0.4) is 0 Å². The van der Waals surface area contributed by atoms with Gasteiger partial charge in [0, 0.05) is 56.7 Å². The van der Waals surface area contributed by atoms with Crippen LogP contribution in [0, 0.1) is 0 Å². The maximum Gasteiger partial charge on any atom is 0.243 e. The molecule has 0 saturated carbocycles. The van der Waals surface area contributed by atoms with Crippen molar-refractivity contribution in [2.75, 3.05) is 60.9 Å². The highest BCUT2D eigenvalue weighted by molar-refractivity contribution is 6.32. The molecule has 1 atom stereocenters. The topological polar surface area (TPSA) is 76.6 Å². The van der Waals surface area contributed by atoms with Crippen LogP contribution in [0.25, 0.3) is 0 Å². The first-order valence-corrected chi connectivity index (χ1v) is 11.5. The lowest BCUT2D eigenvalue weighted by Crippen LogP contribution is -2.46. The van der Waals surface area contributed by atoms with E-state index >= 15 is 0 Å². The van der Waals surface area contributed by atoms with Crippen LogP contribution in [0.4, 0.5) is 23.1 Å². The third kappa shape index (κ3) is 5.31. The third-order valence-electron chi connectivity index (χ3n) is 6.05. The van der Waals surface area contributed by atoms with Crippen molar-refractivity contribution in [3.8, 4) is 0 Å². The molecule has 9 heteroatoms. The normalized spacial score (nSPS) is 19.1. The monoisotopic (exact) mass is 455 g/mol. The highest BCUT2D eigenvalue weighted by Crippen LogP contribution is 2.28. The zero-order valence-electron chi connectivity index (χ0n) is 18.4. The zero-order valence-corrected chi connectivity index (χ0v) is 19.2. The highest BCUT2D eigenvalue weighted by Gasteiger charge is 2.26. The van der Waals surface area contributed by atoms with E-state index in [1.165, 1.54) is 11.8 Å². The Morgan fingerprint density at radius 1 is 1.19 bits per heavy atom. The Labute approximate surface area is 194 Å². The van der Waals surface area contributed by atoms with Crippen molar-refractivity contribution in [1.29, 1.82) is 0 Å². The number of nitrogens with one attached hydrogen (secondary N) is 2. The second kappa shape index (κ2) is 10.2. The number of benzene rings is 1. The van der Waals surface area contributed by atoms with Gasteiger partial charge in [0.15, 0.2) is 5.82 Å². The van der Waals surface area contributed by atoms with Crippen LogP contribution in [0.5, 0.6) is 0 Å². The number of piperazine rings is 1. The molecular formula is C23H30ClN7O. The van der Waals surface area contributed by atoms with Crippen LogP contribution in [0.2, 0.25) is 5.02 Å². The van der Waals surface area contributed by atoms with Crippen molar-refractivity contribution in [3.63, 3.8) is 0 Å². The summed E-state index contributed by atoms with van der Waals surface area (Å²) in [7, 11) is 0. The first kappa shape index (κ1) is 22.4. The molecule has 2 aromatic rings. The van der Waals surface area contributed by atoms with Gasteiger partial charge >= 0.3 is 0 Å². The van der Waals surface area contributed by atoms with Gasteiger partial charge in [0.2, 0.25) is 11.9 Å². The standard InChI is InChI=1S/C23H30ClN7O/c1-3-21(32)26-18-9-10-31(16-18)22-20(24)15-25-23(28-22)27-17-5-7-19(8-6-17)30-13-11-29(4-2)12-14-30/h3,5-8,15,18H,1,4,9-14,16H2,2H3,(H,26,32)(H,25,27,28)/t18-/m1/s1. The molecule has 0 aliphatic carbocycles. The van der Waals surface area contributed by atoms with Gasteiger partial charge < -0.3 is 25.3 Å². The van der Waals surface area contributed by atoms with Crippen molar-refractivity contribution in [2.24, 2.45) is 0 Å². The SMILES string of the molecule is C=CC(=O)N[C@@H]1CCN(c2nc(Nc3ccc(N4CCN(CC)CC4)cc3)ncc2Cl)C1. The molecule has 2 saturated heterocycles. The molecule has 1 aromatic carbocycles. The van der Waals surface area contributed by atoms with Gasteiger partial charge in [-0.1, -0.05) is 25.1 Å². The Balaban J connectivity index is 1.39. The number of hydrogen-bond donors (Lipinski definition) is 2. The highest BCUT2D eigenvalue weighted by atomic mass is 35.5. The minimum absolute atomic E-state index is 0.0506. The van der Waals surface area contributed by atoms with Gasteiger partial charge in [-0.05, 0) is 43.3 Å². The maximum absolute atomic E-state index is 11.6. The Morgan fingerprint density at radius 3 is 2.62 bits per heavy atom. The van der Waals surface area contributed by atoms with Gasteiger partial charge in [0.25, 0.3) is 0 Å². The van der Waals surface area contributed by atoms with Crippen molar-refractivity contribution in [2.45, 2.75) is 19.4 Å². The molecule has 2 N–H and O–H groups in total. The molecule has 8 nitrogen and oxygen atoms in total. The van der Waals surface area contributed by atoms with E-state index in [9.17, 15) is 4.79 Å². The fraction of sp³-hybridized carbons (Fsp3) is 0.435. The first-order chi connectivity index (χ1) is 15.6. The lowest BCUT2D eigenvalue weighted by atomic mass is 10.2. The number of carbonyl (C=O) groups is 1. The van der Waals surface area contributed by atoms with Crippen LogP contribution >= 0.6 is 11.6 Å². The molecule has 1 aromatic heterocycles. The molecule has 0 spiro atoms. The molecule has 0 bridgehead atoms. The largest absolute Gasteiger partial charge is 0.369 e. The van der Waals surface area contributed by atoms with Gasteiger partial charge in [0.05, 0.1) is 6.20 Å². The summed E-state index contributed by atoms with van der Waals surface area (Å²) in [5.41, 5.74) is 2.15. The number of carbonyl (C=O) groups excluding carboxylic acids is 1. The number of anilines is 4. The Morgan fingerprint density at radius 2 is 1.94 bits per heavy atom. The van der Waals surface area contributed by atoms with Crippen molar-refractivity contribution >= 4 is 40.6 Å². The van der Waals surface area contributed by atoms with Crippen LogP contribution in [0.15, 0.2) is 43.1 Å². The van der Waals surface area contributed by atoms with E-state index in [1.807, 2.05) is 0 Å². The molecule has 1 amide bonds. The minimum atomic E-state index is -0.163. The van der Waals surface area contributed by atoms with E-state index in [4.69, 9.17) is 11.6 Å². The summed E-state index contributed by atoms with van der Waals surface area (Å²) >= 11 is 6.38. The van der Waals surface area contributed by atoms with Gasteiger partial charge in [-0.3, -0.25) is 4.79 Å². The van der Waals surface area contributed by atoms with Crippen molar-refractivity contribution < 1.29 is 4.79 Å². The Bertz CT molecular complexity index is 944. The molecule has 0 unspecified atom stereocenters. The first-order valence-electron chi connectivity index (χ1n) is 11.1. The van der Waals surface area contributed by atoms with E-state index < -0.39 is 0 Å². The molecule has 32 heavy (non-hydrogen) atoms. The quantitative estimate of drug-likeness (QED) is 0.621. The zero-order chi connectivity index (χ0) is 22.5. The molecule has 4 rings (SSSR count). The van der Waals surface area contributed by atoms with Crippen molar-refractivity contribution in [3.05, 3.63) is 48.1 Å². The van der Waals surface area contributed by atoms with Gasteiger partial charge in [-0.2, -0.15) is 4.98 Å². The predicted molar refractivity (Wildman–Crippen MR) is 130 cm³/mol. The minimum Gasteiger partial charge on any atom is -0.369 e. The molecule has 0 radical (unpaired) electrons. The number of rotatable bonds is 7. The Kier molecular flexibility index (Phi) is 7.12. The summed E-state index contributed by atoms with van der Waals surface area (Å²) in [4.78, 5) is 27.5. The molecule has 2 aliphatic heterocycles. The number of amides is 1. The summed E-state index contributed by atoms with van der Waals surface area (Å²) in [5.74, 6) is 1.00. The van der Waals surface area contributed by atoms with Crippen LogP contribution in [-0.2, 0) is 4.79 Å². The Hall–Kier alpha value is -2.84. The maximum atomic E-state index is 11.6. The van der Waals surface area contributed by atoms with Crippen molar-refractivity contribution in [1.82, 2.24) is 20.2 Å². The van der Waals surface area contributed by atoms with E-state index in [0.717, 1.165) is 51.4 Å². The van der Waals surface area contributed by atoms with Crippen LogP contribution in [0.1, 0.15) is 13.3 Å². The third-order valence-corrected chi connectivity index (χ3v) is 6.32. The number of aromatic nitrogens is 2. The molecule has 170 valence electrons. The number of hydrogen-bond acceptors (Lipinski definition) is 7. The second-order valence-electron chi connectivity index (χ2n) is 8.10. The second-order valence-corrected chi connectivity index (χ2v) is 8.51. The number of halogens is 1. The average Bonchev–Trinajstić information content (AvgIpc) is 3.29. The molecule has 2 fully saturated rings. The molecule has 2 aliphatic rings. The lowest BCUT2D eigenvalue weighted by Gasteiger charge is -2.35.